The molecule has 0 aliphatic rings. The number of alkyl halides is 3. The molecule has 29 heavy (non-hydrogen) atoms. The summed E-state index contributed by atoms with van der Waals surface area (Å²) >= 11 is 0.611. The Balaban J connectivity index is 2.17. The summed E-state index contributed by atoms with van der Waals surface area (Å²) in [5, 5.41) is 2.59. The molecular formula is C20H20F3NO4S. The zero-order valence-corrected chi connectivity index (χ0v) is 16.8. The summed E-state index contributed by atoms with van der Waals surface area (Å²) in [4.78, 5) is 12.6. The van der Waals surface area contributed by atoms with Gasteiger partial charge >= 0.3 is 6.18 Å². The second kappa shape index (κ2) is 10.1. The van der Waals surface area contributed by atoms with E-state index in [1.54, 1.807) is 30.3 Å². The van der Waals surface area contributed by atoms with Crippen LogP contribution in [0.3, 0.4) is 0 Å². The van der Waals surface area contributed by atoms with Gasteiger partial charge < -0.3 is 19.5 Å². The van der Waals surface area contributed by atoms with E-state index >= 15 is 0 Å². The van der Waals surface area contributed by atoms with Gasteiger partial charge in [-0.3, -0.25) is 4.79 Å². The fourth-order valence-electron chi connectivity index (χ4n) is 2.38. The summed E-state index contributed by atoms with van der Waals surface area (Å²) in [5.74, 6) is -0.142. The van der Waals surface area contributed by atoms with Gasteiger partial charge in [-0.15, -0.1) is 11.8 Å². The number of nitrogens with one attached hydrogen (secondary N) is 1. The topological polar surface area (TPSA) is 56.8 Å². The lowest BCUT2D eigenvalue weighted by Gasteiger charge is -2.12. The lowest BCUT2D eigenvalue weighted by atomic mass is 10.1. The van der Waals surface area contributed by atoms with Crippen LogP contribution < -0.4 is 19.5 Å². The summed E-state index contributed by atoms with van der Waals surface area (Å²) < 4.78 is 53.2. The highest BCUT2D eigenvalue weighted by Gasteiger charge is 2.27. The number of methoxy groups -OCH3 is 3. The maximum Gasteiger partial charge on any atom is 0.398 e. The zero-order chi connectivity index (χ0) is 21.4. The molecule has 0 saturated carbocycles. The molecule has 0 unspecified atom stereocenters. The van der Waals surface area contributed by atoms with Crippen LogP contribution in [-0.2, 0) is 4.79 Å². The predicted octanol–water partition coefficient (Wildman–Crippen LogP) is 5.02. The Hall–Kier alpha value is -2.81. The molecule has 0 aliphatic heterocycles. The molecule has 0 bridgehead atoms. The van der Waals surface area contributed by atoms with E-state index in [-0.39, 0.29) is 0 Å². The molecule has 2 rings (SSSR count). The Bertz CT molecular complexity index is 885. The Kier molecular flexibility index (Phi) is 7.83. The first-order valence-corrected chi connectivity index (χ1v) is 9.33. The molecule has 1 amide bonds. The molecule has 0 fully saturated rings. The first kappa shape index (κ1) is 22.5. The van der Waals surface area contributed by atoms with E-state index in [0.29, 0.717) is 45.2 Å². The van der Waals surface area contributed by atoms with Gasteiger partial charge in [0.25, 0.3) is 0 Å². The van der Waals surface area contributed by atoms with Crippen molar-refractivity contribution in [2.75, 3.05) is 32.4 Å². The minimum absolute atomic E-state index is 0.302. The van der Waals surface area contributed by atoms with Crippen molar-refractivity contribution in [1.82, 2.24) is 0 Å². The molecule has 0 aliphatic carbocycles. The summed E-state index contributed by atoms with van der Waals surface area (Å²) in [6.45, 7) is 0. The number of rotatable bonds is 8. The first-order valence-electron chi connectivity index (χ1n) is 8.35. The monoisotopic (exact) mass is 427 g/mol. The smallest absolute Gasteiger partial charge is 0.398 e. The second-order valence-corrected chi connectivity index (χ2v) is 6.69. The number of halogens is 3. The van der Waals surface area contributed by atoms with Crippen LogP contribution in [0.1, 0.15) is 5.56 Å². The molecule has 1 N–H and O–H groups in total. The Morgan fingerprint density at radius 2 is 1.66 bits per heavy atom. The lowest BCUT2D eigenvalue weighted by molar-refractivity contribution is -0.111. The van der Waals surface area contributed by atoms with Crippen molar-refractivity contribution < 1.29 is 32.2 Å². The Labute approximate surface area is 170 Å². The van der Waals surface area contributed by atoms with Gasteiger partial charge in [0, 0.05) is 22.6 Å². The number of hydrogen-bond acceptors (Lipinski definition) is 5. The molecule has 0 atom stereocenters. The molecular weight excluding hydrogens is 407 g/mol. The van der Waals surface area contributed by atoms with Crippen LogP contribution in [0.15, 0.2) is 47.4 Å². The highest BCUT2D eigenvalue weighted by atomic mass is 32.2. The highest BCUT2D eigenvalue weighted by Crippen LogP contribution is 2.35. The number of thioether (sulfide) groups is 1. The van der Waals surface area contributed by atoms with Crippen molar-refractivity contribution in [2.45, 2.75) is 11.1 Å². The van der Waals surface area contributed by atoms with E-state index in [2.05, 4.69) is 5.32 Å². The summed E-state index contributed by atoms with van der Waals surface area (Å²) in [6.07, 6.45) is -1.53. The van der Waals surface area contributed by atoms with E-state index in [1.807, 2.05) is 0 Å². The number of hydrogen-bond donors (Lipinski definition) is 1. The number of benzene rings is 2. The lowest BCUT2D eigenvalue weighted by Crippen LogP contribution is -2.12. The SMILES string of the molecule is COc1cc(OC)c(OC)cc1/C=C/C(=O)Nc1ccccc1SCC(F)(F)F. The molecule has 0 aromatic heterocycles. The molecule has 5 nitrogen and oxygen atoms in total. The van der Waals surface area contributed by atoms with Gasteiger partial charge in [0.05, 0.1) is 32.8 Å². The quantitative estimate of drug-likeness (QED) is 0.474. The molecule has 0 saturated heterocycles. The van der Waals surface area contributed by atoms with Crippen LogP contribution in [0.25, 0.3) is 6.08 Å². The van der Waals surface area contributed by atoms with E-state index in [1.165, 1.54) is 39.5 Å². The van der Waals surface area contributed by atoms with Crippen molar-refractivity contribution in [3.63, 3.8) is 0 Å². The molecule has 9 heteroatoms. The zero-order valence-electron chi connectivity index (χ0n) is 16.0. The van der Waals surface area contributed by atoms with Crippen LogP contribution in [-0.4, -0.2) is 39.2 Å². The third-order valence-corrected chi connectivity index (χ3v) is 4.83. The fraction of sp³-hybridized carbons (Fsp3) is 0.250. The van der Waals surface area contributed by atoms with E-state index < -0.39 is 17.8 Å². The van der Waals surface area contributed by atoms with Crippen LogP contribution in [0.2, 0.25) is 0 Å². The van der Waals surface area contributed by atoms with Crippen molar-refractivity contribution in [3.05, 3.63) is 48.0 Å². The number of ether oxygens (including phenoxy) is 3. The van der Waals surface area contributed by atoms with Crippen LogP contribution in [0, 0.1) is 0 Å². The van der Waals surface area contributed by atoms with Crippen LogP contribution in [0.5, 0.6) is 17.2 Å². The van der Waals surface area contributed by atoms with Gasteiger partial charge in [0.15, 0.2) is 11.5 Å². The average Bonchev–Trinajstić information content (AvgIpc) is 2.70. The van der Waals surface area contributed by atoms with E-state index in [4.69, 9.17) is 14.2 Å². The van der Waals surface area contributed by atoms with Crippen LogP contribution >= 0.6 is 11.8 Å². The van der Waals surface area contributed by atoms with Crippen molar-refractivity contribution in [3.8, 4) is 17.2 Å². The van der Waals surface area contributed by atoms with Gasteiger partial charge in [0.1, 0.15) is 5.75 Å². The van der Waals surface area contributed by atoms with Gasteiger partial charge in [-0.25, -0.2) is 0 Å². The standard InChI is InChI=1S/C20H20F3NO4S/c1-26-15-11-17(28-3)16(27-2)10-13(15)8-9-19(25)24-14-6-4-5-7-18(14)29-12-20(21,22)23/h4-11H,12H2,1-3H3,(H,24,25)/b9-8+. The van der Waals surface area contributed by atoms with Gasteiger partial charge in [-0.05, 0) is 24.3 Å². The normalized spacial score (nSPS) is 11.4. The second-order valence-electron chi connectivity index (χ2n) is 5.67. The van der Waals surface area contributed by atoms with Gasteiger partial charge in [-0.2, -0.15) is 13.2 Å². The number of para-hydroxylation sites is 1. The third-order valence-electron chi connectivity index (χ3n) is 3.69. The van der Waals surface area contributed by atoms with Crippen molar-refractivity contribution in [2.24, 2.45) is 0 Å². The molecule has 0 heterocycles. The highest BCUT2D eigenvalue weighted by molar-refractivity contribution is 7.99. The molecule has 156 valence electrons. The maximum atomic E-state index is 12.5. The fourth-order valence-corrected chi connectivity index (χ4v) is 3.15. The maximum absolute atomic E-state index is 12.5. The number of anilines is 1. The predicted molar refractivity (Wildman–Crippen MR) is 107 cm³/mol. The summed E-state index contributed by atoms with van der Waals surface area (Å²) in [7, 11) is 4.46. The number of amides is 1. The Morgan fingerprint density at radius 3 is 2.28 bits per heavy atom. The first-order chi connectivity index (χ1) is 13.8. The summed E-state index contributed by atoms with van der Waals surface area (Å²) in [5.41, 5.74) is 0.871. The molecule has 0 radical (unpaired) electrons. The number of carbonyl (C=O) groups excluding carboxylic acids is 1. The van der Waals surface area contributed by atoms with Crippen LogP contribution in [0.4, 0.5) is 18.9 Å². The van der Waals surface area contributed by atoms with Crippen molar-refractivity contribution >= 4 is 29.4 Å². The summed E-state index contributed by atoms with van der Waals surface area (Å²) in [6, 6.07) is 9.58. The average molecular weight is 427 g/mol. The largest absolute Gasteiger partial charge is 0.496 e. The minimum Gasteiger partial charge on any atom is -0.496 e. The third kappa shape index (κ3) is 6.63. The minimum atomic E-state index is -4.30. The molecule has 2 aromatic carbocycles. The molecule has 0 spiro atoms. The van der Waals surface area contributed by atoms with E-state index in [9.17, 15) is 18.0 Å². The molecule has 2 aromatic rings. The number of carbonyl (C=O) groups is 1. The Morgan fingerprint density at radius 1 is 1.03 bits per heavy atom. The van der Waals surface area contributed by atoms with Gasteiger partial charge in [0.2, 0.25) is 5.91 Å². The van der Waals surface area contributed by atoms with Crippen molar-refractivity contribution in [1.29, 1.82) is 0 Å². The van der Waals surface area contributed by atoms with Gasteiger partial charge in [-0.1, -0.05) is 12.1 Å². The van der Waals surface area contributed by atoms with E-state index in [0.717, 1.165) is 0 Å².